The fourth-order valence-electron chi connectivity index (χ4n) is 1.23. The molecule has 8 nitrogen and oxygen atoms in total. The van der Waals surface area contributed by atoms with Gasteiger partial charge in [0.25, 0.3) is 5.91 Å². The molecule has 2 rings (SSSR count). The molecular weight excluding hydrogens is 297 g/mol. The number of aromatic amines is 1. The van der Waals surface area contributed by atoms with Crippen molar-refractivity contribution in [2.75, 3.05) is 5.32 Å². The van der Waals surface area contributed by atoms with Crippen LogP contribution in [-0.4, -0.2) is 25.8 Å². The second-order valence-corrected chi connectivity index (χ2v) is 4.03. The summed E-state index contributed by atoms with van der Waals surface area (Å²) in [6, 6.07) is 2.44. The molecule has 2 aromatic rings. The standard InChI is InChI=1S/C9H5Cl2N5O3/c10-6-7(11)12-3-13-8(6)15-9(17)4-1-2-5(14-4)16(18)19/h1-3,14H,(H,12,13,15,17). The van der Waals surface area contributed by atoms with Crippen LogP contribution in [0.25, 0.3) is 0 Å². The zero-order valence-electron chi connectivity index (χ0n) is 9.05. The van der Waals surface area contributed by atoms with Gasteiger partial charge < -0.3 is 15.4 Å². The molecule has 0 aliphatic heterocycles. The highest BCUT2D eigenvalue weighted by Gasteiger charge is 2.17. The summed E-state index contributed by atoms with van der Waals surface area (Å²) in [4.78, 5) is 31.3. The lowest BCUT2D eigenvalue weighted by Crippen LogP contribution is -2.14. The smallest absolute Gasteiger partial charge is 0.321 e. The van der Waals surface area contributed by atoms with E-state index in [0.717, 1.165) is 6.33 Å². The number of carbonyl (C=O) groups excluding carboxylic acids is 1. The van der Waals surface area contributed by atoms with Crippen molar-refractivity contribution in [3.05, 3.63) is 44.4 Å². The van der Waals surface area contributed by atoms with Crippen LogP contribution in [0.5, 0.6) is 0 Å². The Morgan fingerprint density at radius 2 is 2.11 bits per heavy atom. The van der Waals surface area contributed by atoms with Gasteiger partial charge in [0.15, 0.2) is 16.7 Å². The lowest BCUT2D eigenvalue weighted by atomic mass is 10.4. The molecule has 0 fully saturated rings. The molecule has 0 aliphatic carbocycles. The predicted octanol–water partition coefficient (Wildman–Crippen LogP) is 2.27. The third-order valence-electron chi connectivity index (χ3n) is 2.09. The van der Waals surface area contributed by atoms with Gasteiger partial charge in [0, 0.05) is 6.07 Å². The van der Waals surface area contributed by atoms with Crippen molar-refractivity contribution in [3.63, 3.8) is 0 Å². The first-order chi connectivity index (χ1) is 8.99. The van der Waals surface area contributed by atoms with Crippen molar-refractivity contribution in [1.29, 1.82) is 0 Å². The number of nitrogens with one attached hydrogen (secondary N) is 2. The Bertz CT molecular complexity index is 657. The molecule has 0 atom stereocenters. The minimum absolute atomic E-state index is 0.00231. The summed E-state index contributed by atoms with van der Waals surface area (Å²) in [5.41, 5.74) is -0.00231. The minimum atomic E-state index is -0.648. The molecular formula is C9H5Cl2N5O3. The maximum Gasteiger partial charge on any atom is 0.321 e. The molecule has 1 amide bonds. The molecule has 2 aromatic heterocycles. The topological polar surface area (TPSA) is 114 Å². The molecule has 0 unspecified atom stereocenters. The summed E-state index contributed by atoms with van der Waals surface area (Å²) >= 11 is 11.4. The molecule has 0 aliphatic rings. The lowest BCUT2D eigenvalue weighted by Gasteiger charge is -2.03. The second kappa shape index (κ2) is 5.21. The van der Waals surface area contributed by atoms with Gasteiger partial charge in [0.1, 0.15) is 11.3 Å². The van der Waals surface area contributed by atoms with E-state index < -0.39 is 10.8 Å². The third kappa shape index (κ3) is 2.80. The van der Waals surface area contributed by atoms with Gasteiger partial charge in [0.05, 0.1) is 0 Å². The molecule has 0 aromatic carbocycles. The van der Waals surface area contributed by atoms with Crippen LogP contribution in [0.1, 0.15) is 10.5 Å². The molecule has 2 heterocycles. The van der Waals surface area contributed by atoms with E-state index in [1.165, 1.54) is 12.1 Å². The summed E-state index contributed by atoms with van der Waals surface area (Å²) in [6.07, 6.45) is 1.13. The van der Waals surface area contributed by atoms with Crippen LogP contribution in [0.2, 0.25) is 10.2 Å². The Hall–Kier alpha value is -2.19. The Morgan fingerprint density at radius 1 is 1.37 bits per heavy atom. The van der Waals surface area contributed by atoms with Crippen molar-refractivity contribution in [3.8, 4) is 0 Å². The van der Waals surface area contributed by atoms with Crippen LogP contribution in [0.4, 0.5) is 11.6 Å². The first-order valence-corrected chi connectivity index (χ1v) is 5.55. The fraction of sp³-hybridized carbons (Fsp3) is 0. The van der Waals surface area contributed by atoms with E-state index in [4.69, 9.17) is 23.2 Å². The normalized spacial score (nSPS) is 10.2. The van der Waals surface area contributed by atoms with E-state index in [0.29, 0.717) is 0 Å². The maximum atomic E-state index is 11.8. The van der Waals surface area contributed by atoms with Gasteiger partial charge in [0.2, 0.25) is 0 Å². The number of nitrogens with zero attached hydrogens (tertiary/aromatic N) is 3. The predicted molar refractivity (Wildman–Crippen MR) is 67.5 cm³/mol. The highest BCUT2D eigenvalue weighted by Crippen LogP contribution is 2.25. The molecule has 10 heteroatoms. The Balaban J connectivity index is 2.21. The molecule has 98 valence electrons. The van der Waals surface area contributed by atoms with Crippen molar-refractivity contribution < 1.29 is 9.72 Å². The number of carbonyl (C=O) groups is 1. The van der Waals surface area contributed by atoms with Crippen LogP contribution in [-0.2, 0) is 0 Å². The van der Waals surface area contributed by atoms with Crippen LogP contribution < -0.4 is 5.32 Å². The summed E-state index contributed by atoms with van der Waals surface area (Å²) in [6.45, 7) is 0. The van der Waals surface area contributed by atoms with Crippen LogP contribution in [0.3, 0.4) is 0 Å². The zero-order chi connectivity index (χ0) is 14.0. The van der Waals surface area contributed by atoms with E-state index in [1.54, 1.807) is 0 Å². The van der Waals surface area contributed by atoms with E-state index in [1.807, 2.05) is 0 Å². The number of nitro groups is 1. The fourth-order valence-corrected chi connectivity index (χ4v) is 1.51. The van der Waals surface area contributed by atoms with Gasteiger partial charge in [-0.2, -0.15) is 0 Å². The molecule has 0 spiro atoms. The number of hydrogen-bond acceptors (Lipinski definition) is 5. The monoisotopic (exact) mass is 301 g/mol. The lowest BCUT2D eigenvalue weighted by molar-refractivity contribution is -0.389. The van der Waals surface area contributed by atoms with E-state index in [9.17, 15) is 14.9 Å². The third-order valence-corrected chi connectivity index (χ3v) is 2.83. The van der Waals surface area contributed by atoms with Gasteiger partial charge >= 0.3 is 5.82 Å². The maximum absolute atomic E-state index is 11.8. The van der Waals surface area contributed by atoms with Gasteiger partial charge in [-0.3, -0.25) is 4.79 Å². The Kier molecular flexibility index (Phi) is 3.63. The molecule has 0 radical (unpaired) electrons. The Morgan fingerprint density at radius 3 is 2.74 bits per heavy atom. The second-order valence-electron chi connectivity index (χ2n) is 3.30. The van der Waals surface area contributed by atoms with Crippen molar-refractivity contribution in [2.45, 2.75) is 0 Å². The molecule has 0 saturated heterocycles. The summed E-state index contributed by atoms with van der Waals surface area (Å²) in [7, 11) is 0. The van der Waals surface area contributed by atoms with Crippen molar-refractivity contribution >= 4 is 40.7 Å². The van der Waals surface area contributed by atoms with E-state index >= 15 is 0 Å². The number of hydrogen-bond donors (Lipinski definition) is 2. The van der Waals surface area contributed by atoms with E-state index in [-0.39, 0.29) is 27.5 Å². The van der Waals surface area contributed by atoms with Crippen LogP contribution in [0.15, 0.2) is 18.5 Å². The van der Waals surface area contributed by atoms with E-state index in [2.05, 4.69) is 20.3 Å². The summed E-state index contributed by atoms with van der Waals surface area (Å²) in [5, 5.41) is 12.8. The Labute approximate surface area is 115 Å². The first kappa shape index (κ1) is 13.2. The molecule has 0 bridgehead atoms. The first-order valence-electron chi connectivity index (χ1n) is 4.80. The van der Waals surface area contributed by atoms with Crippen molar-refractivity contribution in [2.24, 2.45) is 0 Å². The molecule has 2 N–H and O–H groups in total. The van der Waals surface area contributed by atoms with Gasteiger partial charge in [-0.1, -0.05) is 23.2 Å². The quantitative estimate of drug-likeness (QED) is 0.513. The summed E-state index contributed by atoms with van der Waals surface area (Å²) in [5.74, 6) is -0.911. The number of amides is 1. The number of halogens is 2. The number of H-pyrrole nitrogens is 1. The molecule has 19 heavy (non-hydrogen) atoms. The van der Waals surface area contributed by atoms with Crippen LogP contribution in [0, 0.1) is 10.1 Å². The number of aromatic nitrogens is 3. The van der Waals surface area contributed by atoms with Gasteiger partial charge in [-0.25, -0.2) is 15.0 Å². The highest BCUT2D eigenvalue weighted by atomic mass is 35.5. The van der Waals surface area contributed by atoms with Gasteiger partial charge in [-0.15, -0.1) is 0 Å². The SMILES string of the molecule is O=C(Nc1ncnc(Cl)c1Cl)c1ccc([N+](=O)[O-])[nH]1. The van der Waals surface area contributed by atoms with Crippen LogP contribution >= 0.6 is 23.2 Å². The largest absolute Gasteiger partial charge is 0.358 e. The number of rotatable bonds is 3. The van der Waals surface area contributed by atoms with Crippen molar-refractivity contribution in [1.82, 2.24) is 15.0 Å². The average Bonchev–Trinajstić information content (AvgIpc) is 2.84. The zero-order valence-corrected chi connectivity index (χ0v) is 10.6. The minimum Gasteiger partial charge on any atom is -0.358 e. The number of anilines is 1. The average molecular weight is 302 g/mol. The highest BCUT2D eigenvalue weighted by molar-refractivity contribution is 6.43. The summed E-state index contributed by atoms with van der Waals surface area (Å²) < 4.78 is 0. The molecule has 0 saturated carbocycles. The van der Waals surface area contributed by atoms with Gasteiger partial charge in [-0.05, 0) is 11.0 Å².